The van der Waals surface area contributed by atoms with Gasteiger partial charge in [-0.25, -0.2) is 0 Å². The maximum Gasteiger partial charge on any atom is 0.162 e. The van der Waals surface area contributed by atoms with E-state index >= 15 is 0 Å². The Morgan fingerprint density at radius 3 is 2.05 bits per heavy atom. The summed E-state index contributed by atoms with van der Waals surface area (Å²) in [5, 5.41) is 0.666. The molecule has 0 unspecified atom stereocenters. The molecule has 0 fully saturated rings. The van der Waals surface area contributed by atoms with Gasteiger partial charge in [-0.05, 0) is 50.9 Å². The first-order chi connectivity index (χ1) is 9.15. The molecule has 5 heteroatoms. The van der Waals surface area contributed by atoms with Crippen LogP contribution >= 0.6 is 11.6 Å². The van der Waals surface area contributed by atoms with E-state index in [1.807, 2.05) is 19.9 Å². The molecule has 1 aromatic carbocycles. The molecule has 1 rings (SSSR count). The summed E-state index contributed by atoms with van der Waals surface area (Å²) < 4.78 is 11.1. The van der Waals surface area contributed by atoms with E-state index in [-0.39, 0.29) is 5.92 Å². The highest BCUT2D eigenvalue weighted by molar-refractivity contribution is 6.31. The average Bonchev–Trinajstić information content (AvgIpc) is 2.40. The van der Waals surface area contributed by atoms with Gasteiger partial charge in [0.15, 0.2) is 11.5 Å². The molecule has 4 N–H and O–H groups in total. The zero-order valence-corrected chi connectivity index (χ0v) is 12.4. The van der Waals surface area contributed by atoms with Crippen LogP contribution in [0.2, 0.25) is 5.02 Å². The lowest BCUT2D eigenvalue weighted by Gasteiger charge is -2.17. The van der Waals surface area contributed by atoms with Gasteiger partial charge in [-0.3, -0.25) is 0 Å². The number of nitrogens with two attached hydrogens (primary N) is 2. The van der Waals surface area contributed by atoms with Crippen LogP contribution in [0.4, 0.5) is 0 Å². The van der Waals surface area contributed by atoms with Crippen LogP contribution in [0.1, 0.15) is 19.4 Å². The van der Waals surface area contributed by atoms with Gasteiger partial charge in [-0.2, -0.15) is 0 Å². The highest BCUT2D eigenvalue weighted by Crippen LogP contribution is 2.34. The van der Waals surface area contributed by atoms with E-state index in [1.165, 1.54) is 0 Å². The summed E-state index contributed by atoms with van der Waals surface area (Å²) in [6.45, 7) is 6.11. The standard InChI is InChI=1S/C14H23ClN2O2/c1-3-18-13-6-11(5-10(8-16)9-17)12(15)7-14(13)19-4-2/h6-7,10H,3-5,8-9,16-17H2,1-2H3. The van der Waals surface area contributed by atoms with Gasteiger partial charge in [0.2, 0.25) is 0 Å². The predicted molar refractivity (Wildman–Crippen MR) is 79.1 cm³/mol. The maximum absolute atomic E-state index is 6.28. The molecule has 4 nitrogen and oxygen atoms in total. The van der Waals surface area contributed by atoms with E-state index in [1.54, 1.807) is 6.07 Å². The Morgan fingerprint density at radius 2 is 1.58 bits per heavy atom. The monoisotopic (exact) mass is 286 g/mol. The average molecular weight is 287 g/mol. The van der Waals surface area contributed by atoms with Gasteiger partial charge in [-0.1, -0.05) is 11.6 Å². The number of ether oxygens (including phenoxy) is 2. The number of hydrogen-bond donors (Lipinski definition) is 2. The molecule has 0 atom stereocenters. The normalized spacial score (nSPS) is 10.8. The van der Waals surface area contributed by atoms with Crippen molar-refractivity contribution in [2.75, 3.05) is 26.3 Å². The van der Waals surface area contributed by atoms with E-state index in [0.29, 0.717) is 37.1 Å². The Hall–Kier alpha value is -0.970. The first kappa shape index (κ1) is 16.1. The fourth-order valence-corrected chi connectivity index (χ4v) is 2.07. The lowest BCUT2D eigenvalue weighted by Crippen LogP contribution is -2.25. The molecule has 0 saturated carbocycles. The van der Waals surface area contributed by atoms with Crippen molar-refractivity contribution in [1.29, 1.82) is 0 Å². The van der Waals surface area contributed by atoms with Crippen LogP contribution in [-0.2, 0) is 6.42 Å². The number of halogens is 1. The zero-order valence-electron chi connectivity index (χ0n) is 11.6. The van der Waals surface area contributed by atoms with Crippen LogP contribution in [0.3, 0.4) is 0 Å². The van der Waals surface area contributed by atoms with Gasteiger partial charge in [-0.15, -0.1) is 0 Å². The number of hydrogen-bond acceptors (Lipinski definition) is 4. The Balaban J connectivity index is 3.01. The van der Waals surface area contributed by atoms with E-state index in [2.05, 4.69) is 0 Å². The first-order valence-corrected chi connectivity index (χ1v) is 7.02. The molecule has 0 bridgehead atoms. The SMILES string of the molecule is CCOc1cc(Cl)c(CC(CN)CN)cc1OCC. The van der Waals surface area contributed by atoms with Crippen molar-refractivity contribution in [3.63, 3.8) is 0 Å². The van der Waals surface area contributed by atoms with Crippen molar-refractivity contribution in [2.45, 2.75) is 20.3 Å². The van der Waals surface area contributed by atoms with Gasteiger partial charge >= 0.3 is 0 Å². The number of benzene rings is 1. The fourth-order valence-electron chi connectivity index (χ4n) is 1.84. The van der Waals surface area contributed by atoms with Crippen LogP contribution < -0.4 is 20.9 Å². The van der Waals surface area contributed by atoms with Gasteiger partial charge in [0.05, 0.1) is 13.2 Å². The molecular weight excluding hydrogens is 264 g/mol. The van der Waals surface area contributed by atoms with Gasteiger partial charge < -0.3 is 20.9 Å². The second-order valence-corrected chi connectivity index (χ2v) is 4.71. The Morgan fingerprint density at radius 1 is 1.05 bits per heavy atom. The summed E-state index contributed by atoms with van der Waals surface area (Å²) in [7, 11) is 0. The summed E-state index contributed by atoms with van der Waals surface area (Å²) in [5.74, 6) is 1.62. The first-order valence-electron chi connectivity index (χ1n) is 6.64. The molecule has 0 aromatic heterocycles. The Labute approximate surface area is 120 Å². The minimum absolute atomic E-state index is 0.227. The summed E-state index contributed by atoms with van der Waals surface area (Å²) >= 11 is 6.28. The summed E-state index contributed by atoms with van der Waals surface area (Å²) in [6, 6.07) is 3.73. The topological polar surface area (TPSA) is 70.5 Å². The molecule has 0 amide bonds. The van der Waals surface area contributed by atoms with Crippen LogP contribution in [-0.4, -0.2) is 26.3 Å². The smallest absolute Gasteiger partial charge is 0.162 e. The van der Waals surface area contributed by atoms with E-state index in [9.17, 15) is 0 Å². The van der Waals surface area contributed by atoms with Crippen LogP contribution in [0.25, 0.3) is 0 Å². The highest BCUT2D eigenvalue weighted by atomic mass is 35.5. The maximum atomic E-state index is 6.28. The molecular formula is C14H23ClN2O2. The van der Waals surface area contributed by atoms with E-state index in [4.69, 9.17) is 32.5 Å². The summed E-state index contributed by atoms with van der Waals surface area (Å²) in [4.78, 5) is 0. The van der Waals surface area contributed by atoms with Gasteiger partial charge in [0, 0.05) is 11.1 Å². The highest BCUT2D eigenvalue weighted by Gasteiger charge is 2.14. The molecule has 108 valence electrons. The largest absolute Gasteiger partial charge is 0.490 e. The van der Waals surface area contributed by atoms with Crippen LogP contribution in [0.5, 0.6) is 11.5 Å². The molecule has 0 aliphatic carbocycles. The second kappa shape index (κ2) is 8.25. The minimum Gasteiger partial charge on any atom is -0.490 e. The third-order valence-corrected chi connectivity index (χ3v) is 3.24. The van der Waals surface area contributed by atoms with Crippen molar-refractivity contribution < 1.29 is 9.47 Å². The molecule has 19 heavy (non-hydrogen) atoms. The number of rotatable bonds is 8. The molecule has 0 aliphatic heterocycles. The van der Waals surface area contributed by atoms with Crippen molar-refractivity contribution in [3.8, 4) is 11.5 Å². The minimum atomic E-state index is 0.227. The molecule has 0 saturated heterocycles. The second-order valence-electron chi connectivity index (χ2n) is 4.30. The van der Waals surface area contributed by atoms with E-state index < -0.39 is 0 Å². The third kappa shape index (κ3) is 4.56. The summed E-state index contributed by atoms with van der Waals surface area (Å²) in [5.41, 5.74) is 12.3. The quantitative estimate of drug-likeness (QED) is 0.769. The molecule has 0 heterocycles. The lowest BCUT2D eigenvalue weighted by molar-refractivity contribution is 0.287. The molecule has 1 aromatic rings. The van der Waals surface area contributed by atoms with Crippen molar-refractivity contribution >= 4 is 11.6 Å². The van der Waals surface area contributed by atoms with Crippen molar-refractivity contribution in [2.24, 2.45) is 17.4 Å². The van der Waals surface area contributed by atoms with Crippen LogP contribution in [0.15, 0.2) is 12.1 Å². The summed E-state index contributed by atoms with van der Waals surface area (Å²) in [6.07, 6.45) is 0.748. The predicted octanol–water partition coefficient (Wildman–Crippen LogP) is 2.21. The fraction of sp³-hybridized carbons (Fsp3) is 0.571. The van der Waals surface area contributed by atoms with Gasteiger partial charge in [0.1, 0.15) is 0 Å². The van der Waals surface area contributed by atoms with Crippen molar-refractivity contribution in [1.82, 2.24) is 0 Å². The van der Waals surface area contributed by atoms with Crippen molar-refractivity contribution in [3.05, 3.63) is 22.7 Å². The molecule has 0 radical (unpaired) electrons. The Kier molecular flexibility index (Phi) is 6.99. The van der Waals surface area contributed by atoms with Gasteiger partial charge in [0.25, 0.3) is 0 Å². The van der Waals surface area contributed by atoms with E-state index in [0.717, 1.165) is 17.7 Å². The lowest BCUT2D eigenvalue weighted by atomic mass is 9.99. The molecule has 0 spiro atoms. The third-order valence-electron chi connectivity index (χ3n) is 2.89. The zero-order chi connectivity index (χ0) is 14.3. The van der Waals surface area contributed by atoms with Crippen LogP contribution in [0, 0.1) is 5.92 Å². The molecule has 0 aliphatic rings. The Bertz CT molecular complexity index is 395.